The third kappa shape index (κ3) is 4.11. The molecule has 0 N–H and O–H groups in total. The fraction of sp³-hybridized carbons (Fsp3) is 0.294. The molecule has 0 spiro atoms. The van der Waals surface area contributed by atoms with Crippen molar-refractivity contribution in [1.29, 1.82) is 0 Å². The topological polar surface area (TPSA) is 0 Å². The molecule has 6 rings (SSSR count). The van der Waals surface area contributed by atoms with Gasteiger partial charge in [-0.3, -0.25) is 0 Å². The Morgan fingerprint density at radius 2 is 0.765 bits per heavy atom. The Morgan fingerprint density at radius 1 is 0.441 bits per heavy atom. The van der Waals surface area contributed by atoms with Gasteiger partial charge in [0.05, 0.1) is 0 Å². The second kappa shape index (κ2) is 9.63. The number of hydrogen-bond acceptors (Lipinski definition) is 0. The van der Waals surface area contributed by atoms with Gasteiger partial charge in [0.2, 0.25) is 0 Å². The lowest BCUT2D eigenvalue weighted by molar-refractivity contribution is 0.562. The van der Waals surface area contributed by atoms with Crippen LogP contribution in [0.3, 0.4) is 0 Å². The quantitative estimate of drug-likeness (QED) is 0.289. The summed E-state index contributed by atoms with van der Waals surface area (Å²) in [5.74, 6) is 2.43. The van der Waals surface area contributed by atoms with E-state index in [4.69, 9.17) is 0 Å². The van der Waals surface area contributed by atoms with Gasteiger partial charge in [-0.25, -0.2) is 0 Å². The molecule has 172 valence electrons. The minimum Gasteiger partial charge on any atom is -0.0620 e. The Bertz CT molecular complexity index is 1180. The molecule has 0 aliphatic heterocycles. The molecule has 2 aliphatic carbocycles. The number of hydrogen-bond donors (Lipinski definition) is 0. The second-order valence-electron chi connectivity index (χ2n) is 10.5. The third-order valence-corrected chi connectivity index (χ3v) is 7.66. The molecule has 34 heavy (non-hydrogen) atoms. The highest BCUT2D eigenvalue weighted by Gasteiger charge is 2.29. The summed E-state index contributed by atoms with van der Waals surface area (Å²) in [6, 6.07) is 35.6. The van der Waals surface area contributed by atoms with Crippen LogP contribution >= 0.6 is 0 Å². The van der Waals surface area contributed by atoms with Crippen molar-refractivity contribution in [2.45, 2.75) is 52.4 Å². The maximum Gasteiger partial charge on any atom is 0.0125 e. The monoisotopic (exact) mass is 444 g/mol. The van der Waals surface area contributed by atoms with E-state index in [0.29, 0.717) is 23.7 Å². The predicted molar refractivity (Wildman–Crippen MR) is 146 cm³/mol. The minimum absolute atomic E-state index is 0.555. The maximum absolute atomic E-state index is 2.34. The molecular formula is C34H36. The van der Waals surface area contributed by atoms with E-state index < -0.39 is 0 Å². The van der Waals surface area contributed by atoms with Crippen molar-refractivity contribution < 1.29 is 0 Å². The van der Waals surface area contributed by atoms with E-state index in [0.717, 1.165) is 0 Å². The number of benzene rings is 4. The average Bonchev–Trinajstić information content (AvgIpc) is 3.09. The Labute approximate surface area is 205 Å². The first-order valence-corrected chi connectivity index (χ1v) is 12.9. The first kappa shape index (κ1) is 22.7. The molecule has 0 amide bonds. The molecule has 0 nitrogen and oxygen atoms in total. The lowest BCUT2D eigenvalue weighted by Crippen LogP contribution is -2.10. The number of aryl methyl sites for hydroxylation is 2. The van der Waals surface area contributed by atoms with Crippen molar-refractivity contribution in [3.8, 4) is 11.1 Å². The summed E-state index contributed by atoms with van der Waals surface area (Å²) in [7, 11) is 0. The summed E-state index contributed by atoms with van der Waals surface area (Å²) in [6.45, 7) is 9.29. The smallest absolute Gasteiger partial charge is 0.0125 e. The summed E-state index contributed by atoms with van der Waals surface area (Å²) in [5, 5.41) is 0. The number of fused-ring (bicyclic) bond motifs is 5. The van der Waals surface area contributed by atoms with Gasteiger partial charge < -0.3 is 0 Å². The second-order valence-corrected chi connectivity index (χ2v) is 10.5. The van der Waals surface area contributed by atoms with Crippen molar-refractivity contribution in [2.75, 3.05) is 0 Å². The Kier molecular flexibility index (Phi) is 6.42. The molecule has 0 heteroatoms. The van der Waals surface area contributed by atoms with E-state index in [1.54, 1.807) is 0 Å². The van der Waals surface area contributed by atoms with Crippen LogP contribution in [0.15, 0.2) is 97.1 Å². The van der Waals surface area contributed by atoms with Crippen LogP contribution in [0.4, 0.5) is 0 Å². The summed E-state index contributed by atoms with van der Waals surface area (Å²) in [6.07, 6.45) is 2.35. The van der Waals surface area contributed by atoms with E-state index in [1.165, 1.54) is 57.3 Å². The molecule has 4 aromatic carbocycles. The molecule has 4 aromatic rings. The fourth-order valence-corrected chi connectivity index (χ4v) is 6.20. The van der Waals surface area contributed by atoms with Gasteiger partial charge in [0, 0.05) is 11.8 Å². The molecule has 0 unspecified atom stereocenters. The van der Waals surface area contributed by atoms with Crippen LogP contribution in [0.1, 0.15) is 72.9 Å². The van der Waals surface area contributed by atoms with Gasteiger partial charge in [0.15, 0.2) is 0 Å². The SMILES string of the molecule is CC(C)C1c2ccccc2-c2ccccc21.CC(C)C1c2ccccc2CCc2ccccc21. The zero-order chi connectivity index (χ0) is 23.7. The summed E-state index contributed by atoms with van der Waals surface area (Å²) in [4.78, 5) is 0. The molecule has 0 heterocycles. The van der Waals surface area contributed by atoms with Crippen molar-refractivity contribution in [1.82, 2.24) is 0 Å². The Hall–Kier alpha value is -3.12. The van der Waals surface area contributed by atoms with Crippen LogP contribution < -0.4 is 0 Å². The van der Waals surface area contributed by atoms with Gasteiger partial charge in [-0.2, -0.15) is 0 Å². The molecular weight excluding hydrogens is 408 g/mol. The highest BCUT2D eigenvalue weighted by molar-refractivity contribution is 5.78. The van der Waals surface area contributed by atoms with Gasteiger partial charge in [0.25, 0.3) is 0 Å². The molecule has 0 bridgehead atoms. The first-order valence-electron chi connectivity index (χ1n) is 12.9. The van der Waals surface area contributed by atoms with Crippen LogP contribution in [-0.2, 0) is 12.8 Å². The third-order valence-electron chi connectivity index (χ3n) is 7.66. The molecule has 0 radical (unpaired) electrons. The standard InChI is InChI=1S/C18H20.C16H16/c1-13(2)18-16-9-5-3-7-14(16)11-12-15-8-4-6-10-17(15)18;1-11(2)16-14-9-5-3-7-12(14)13-8-4-6-10-15(13)16/h3-10,13,18H,11-12H2,1-2H3;3-11,16H,1-2H3. The normalized spacial score (nSPS) is 14.5. The Balaban J connectivity index is 0.000000142. The molecule has 0 fully saturated rings. The van der Waals surface area contributed by atoms with Crippen LogP contribution in [-0.4, -0.2) is 0 Å². The van der Waals surface area contributed by atoms with E-state index >= 15 is 0 Å². The van der Waals surface area contributed by atoms with Crippen LogP contribution in [0.25, 0.3) is 11.1 Å². The first-order chi connectivity index (χ1) is 16.6. The van der Waals surface area contributed by atoms with E-state index in [-0.39, 0.29) is 0 Å². The van der Waals surface area contributed by atoms with Crippen LogP contribution in [0.5, 0.6) is 0 Å². The summed E-state index contributed by atoms with van der Waals surface area (Å²) in [5.41, 5.74) is 12.0. The van der Waals surface area contributed by atoms with Crippen LogP contribution in [0, 0.1) is 11.8 Å². The lowest BCUT2D eigenvalue weighted by atomic mass is 9.80. The fourth-order valence-electron chi connectivity index (χ4n) is 6.20. The largest absolute Gasteiger partial charge is 0.0620 e. The van der Waals surface area contributed by atoms with E-state index in [9.17, 15) is 0 Å². The van der Waals surface area contributed by atoms with Gasteiger partial charge in [-0.05, 0) is 69.2 Å². The molecule has 0 saturated carbocycles. The van der Waals surface area contributed by atoms with Gasteiger partial charge in [-0.1, -0.05) is 125 Å². The molecule has 2 aliphatic rings. The average molecular weight is 445 g/mol. The summed E-state index contributed by atoms with van der Waals surface area (Å²) < 4.78 is 0. The van der Waals surface area contributed by atoms with Crippen molar-refractivity contribution >= 4 is 0 Å². The van der Waals surface area contributed by atoms with Gasteiger partial charge >= 0.3 is 0 Å². The summed E-state index contributed by atoms with van der Waals surface area (Å²) >= 11 is 0. The van der Waals surface area contributed by atoms with Crippen molar-refractivity contribution in [3.63, 3.8) is 0 Å². The van der Waals surface area contributed by atoms with Crippen LogP contribution in [0.2, 0.25) is 0 Å². The molecule has 0 saturated heterocycles. The molecule has 0 atom stereocenters. The predicted octanol–water partition coefficient (Wildman–Crippen LogP) is 9.03. The van der Waals surface area contributed by atoms with E-state index in [2.05, 4.69) is 125 Å². The Morgan fingerprint density at radius 3 is 1.18 bits per heavy atom. The van der Waals surface area contributed by atoms with Crippen molar-refractivity contribution in [2.24, 2.45) is 11.8 Å². The number of rotatable bonds is 2. The zero-order valence-electron chi connectivity index (χ0n) is 21.0. The minimum atomic E-state index is 0.555. The van der Waals surface area contributed by atoms with E-state index in [1.807, 2.05) is 0 Å². The lowest BCUT2D eigenvalue weighted by Gasteiger charge is -2.24. The highest BCUT2D eigenvalue weighted by Crippen LogP contribution is 2.47. The highest BCUT2D eigenvalue weighted by atomic mass is 14.3. The molecule has 0 aromatic heterocycles. The van der Waals surface area contributed by atoms with Gasteiger partial charge in [-0.15, -0.1) is 0 Å². The maximum atomic E-state index is 2.34. The zero-order valence-corrected chi connectivity index (χ0v) is 21.0. The van der Waals surface area contributed by atoms with Crippen molar-refractivity contribution in [3.05, 3.63) is 130 Å². The van der Waals surface area contributed by atoms with Gasteiger partial charge in [0.1, 0.15) is 0 Å².